The van der Waals surface area contributed by atoms with E-state index in [1.54, 1.807) is 0 Å². The lowest BCUT2D eigenvalue weighted by Gasteiger charge is -1.95. The standard InChI is InChI=1S/C6H7N4/c1-2-4-6-5(3-1)7-9-10-8-6/h1-3,7-10H. The molecule has 4 nitrogen and oxygen atoms in total. The van der Waals surface area contributed by atoms with Crippen molar-refractivity contribution in [3.05, 3.63) is 24.3 Å². The van der Waals surface area contributed by atoms with Crippen molar-refractivity contribution in [2.75, 3.05) is 0 Å². The molecule has 0 saturated heterocycles. The third-order valence-corrected chi connectivity index (χ3v) is 1.30. The lowest BCUT2D eigenvalue weighted by molar-refractivity contribution is 0.797. The Labute approximate surface area is 56.9 Å². The van der Waals surface area contributed by atoms with Crippen LogP contribution in [-0.2, 0) is 0 Å². The number of hydrogen-bond donors (Lipinski definition) is 4. The van der Waals surface area contributed by atoms with Crippen LogP contribution in [0.5, 0.6) is 0 Å². The molecule has 1 aromatic carbocycles. The van der Waals surface area contributed by atoms with Crippen LogP contribution in [-0.4, -0.2) is 20.6 Å². The summed E-state index contributed by atoms with van der Waals surface area (Å²) in [6.45, 7) is 0. The molecule has 0 fully saturated rings. The zero-order valence-corrected chi connectivity index (χ0v) is 5.23. The summed E-state index contributed by atoms with van der Waals surface area (Å²) < 4.78 is 0. The van der Waals surface area contributed by atoms with Crippen LogP contribution in [0.2, 0.25) is 0 Å². The quantitative estimate of drug-likeness (QED) is 0.417. The van der Waals surface area contributed by atoms with E-state index in [0.29, 0.717) is 0 Å². The fourth-order valence-electron chi connectivity index (χ4n) is 0.837. The third-order valence-electron chi connectivity index (χ3n) is 1.30. The Morgan fingerprint density at radius 1 is 1.20 bits per heavy atom. The largest absolute Gasteiger partial charge is 0.284 e. The molecule has 1 aromatic heterocycles. The molecule has 0 aliphatic carbocycles. The fourth-order valence-corrected chi connectivity index (χ4v) is 0.837. The molecule has 0 aliphatic rings. The zero-order valence-electron chi connectivity index (χ0n) is 5.23. The molecule has 0 unspecified atom stereocenters. The lowest BCUT2D eigenvalue weighted by atomic mass is 10.3. The molecule has 1 radical (unpaired) electrons. The van der Waals surface area contributed by atoms with E-state index in [1.165, 1.54) is 0 Å². The molecule has 2 aromatic rings. The van der Waals surface area contributed by atoms with E-state index in [2.05, 4.69) is 26.7 Å². The van der Waals surface area contributed by atoms with Crippen molar-refractivity contribution >= 4 is 11.0 Å². The van der Waals surface area contributed by atoms with E-state index < -0.39 is 0 Å². The Hall–Kier alpha value is -1.58. The summed E-state index contributed by atoms with van der Waals surface area (Å²) in [7, 11) is 0. The second-order valence-corrected chi connectivity index (χ2v) is 1.96. The summed E-state index contributed by atoms with van der Waals surface area (Å²) in [5.41, 5.74) is 1.91. The van der Waals surface area contributed by atoms with Crippen LogP contribution >= 0.6 is 0 Å². The highest BCUT2D eigenvalue weighted by Gasteiger charge is 1.86. The lowest BCUT2D eigenvalue weighted by Crippen LogP contribution is -1.90. The van der Waals surface area contributed by atoms with Crippen LogP contribution in [0.3, 0.4) is 0 Å². The number of aromatic nitrogens is 4. The van der Waals surface area contributed by atoms with Gasteiger partial charge >= 0.3 is 0 Å². The molecule has 0 saturated carbocycles. The number of fused-ring (bicyclic) bond motifs is 1. The molecule has 0 aliphatic heterocycles. The summed E-state index contributed by atoms with van der Waals surface area (Å²) in [5, 5.41) is 11.2. The minimum Gasteiger partial charge on any atom is -0.284 e. The van der Waals surface area contributed by atoms with Crippen molar-refractivity contribution in [1.82, 2.24) is 20.6 Å². The zero-order chi connectivity index (χ0) is 6.81. The number of H-pyrrole nitrogens is 4. The van der Waals surface area contributed by atoms with Gasteiger partial charge in [0.05, 0.1) is 11.0 Å². The van der Waals surface area contributed by atoms with Crippen molar-refractivity contribution in [2.24, 2.45) is 0 Å². The van der Waals surface area contributed by atoms with Gasteiger partial charge in [-0.2, -0.15) is 0 Å². The maximum Gasteiger partial charge on any atom is 0.0884 e. The molecule has 10 heavy (non-hydrogen) atoms. The van der Waals surface area contributed by atoms with Gasteiger partial charge in [0, 0.05) is 6.07 Å². The first-order valence-electron chi connectivity index (χ1n) is 2.99. The topological polar surface area (TPSA) is 63.2 Å². The first kappa shape index (κ1) is 5.22. The predicted octanol–water partition coefficient (Wildman–Crippen LogP) is 1.08. The monoisotopic (exact) mass is 135 g/mol. The van der Waals surface area contributed by atoms with Gasteiger partial charge in [-0.3, -0.25) is 10.2 Å². The van der Waals surface area contributed by atoms with Gasteiger partial charge in [0.25, 0.3) is 0 Å². The first-order chi connectivity index (χ1) is 4.97. The minimum atomic E-state index is 0.918. The summed E-state index contributed by atoms with van der Waals surface area (Å²) in [4.78, 5) is 0. The van der Waals surface area contributed by atoms with Crippen LogP contribution in [0.25, 0.3) is 11.0 Å². The Kier molecular flexibility index (Phi) is 1.04. The summed E-state index contributed by atoms with van der Waals surface area (Å²) in [6, 6.07) is 8.73. The number of aromatic amines is 4. The van der Waals surface area contributed by atoms with Gasteiger partial charge in [-0.25, -0.2) is 10.4 Å². The maximum atomic E-state index is 3.01. The molecule has 0 bridgehead atoms. The van der Waals surface area contributed by atoms with Gasteiger partial charge < -0.3 is 0 Å². The molecule has 4 N–H and O–H groups in total. The van der Waals surface area contributed by atoms with Crippen molar-refractivity contribution in [3.8, 4) is 0 Å². The highest BCUT2D eigenvalue weighted by Crippen LogP contribution is 2.01. The summed E-state index contributed by atoms with van der Waals surface area (Å²) in [5.74, 6) is 0. The van der Waals surface area contributed by atoms with E-state index in [1.807, 2.05) is 18.2 Å². The van der Waals surface area contributed by atoms with E-state index in [0.717, 1.165) is 11.0 Å². The van der Waals surface area contributed by atoms with Gasteiger partial charge in [0.2, 0.25) is 0 Å². The summed E-state index contributed by atoms with van der Waals surface area (Å²) in [6.07, 6.45) is 0. The van der Waals surface area contributed by atoms with E-state index in [9.17, 15) is 0 Å². The fraction of sp³-hybridized carbons (Fsp3) is 0. The van der Waals surface area contributed by atoms with Crippen LogP contribution in [0, 0.1) is 6.07 Å². The Morgan fingerprint density at radius 3 is 3.00 bits per heavy atom. The Bertz CT molecular complexity index is 281. The number of nitrogens with one attached hydrogen (secondary N) is 4. The molecule has 4 heteroatoms. The van der Waals surface area contributed by atoms with Gasteiger partial charge in [0.15, 0.2) is 0 Å². The van der Waals surface area contributed by atoms with Crippen LogP contribution in [0.4, 0.5) is 0 Å². The van der Waals surface area contributed by atoms with Crippen LogP contribution in [0.1, 0.15) is 0 Å². The van der Waals surface area contributed by atoms with Gasteiger partial charge in [0.1, 0.15) is 0 Å². The second-order valence-electron chi connectivity index (χ2n) is 1.96. The number of rotatable bonds is 0. The molecular weight excluding hydrogens is 128 g/mol. The van der Waals surface area contributed by atoms with Gasteiger partial charge in [-0.05, 0) is 6.07 Å². The van der Waals surface area contributed by atoms with E-state index >= 15 is 0 Å². The average Bonchev–Trinajstić information content (AvgIpc) is 2.05. The average molecular weight is 135 g/mol. The number of para-hydroxylation sites is 1. The smallest absolute Gasteiger partial charge is 0.0884 e. The molecule has 0 amide bonds. The van der Waals surface area contributed by atoms with Crippen LogP contribution < -0.4 is 0 Å². The molecule has 51 valence electrons. The highest BCUT2D eigenvalue weighted by molar-refractivity contribution is 5.71. The highest BCUT2D eigenvalue weighted by atomic mass is 15.4. The SMILES string of the molecule is [c]1cccc2[nH][nH][nH][nH]c12. The number of hydrogen-bond acceptors (Lipinski definition) is 0. The molecule has 0 spiro atoms. The van der Waals surface area contributed by atoms with Crippen molar-refractivity contribution < 1.29 is 0 Å². The van der Waals surface area contributed by atoms with E-state index in [4.69, 9.17) is 0 Å². The molecular formula is C6H7N4. The predicted molar refractivity (Wildman–Crippen MR) is 37.8 cm³/mol. The molecule has 1 heterocycles. The van der Waals surface area contributed by atoms with Gasteiger partial charge in [-0.15, -0.1) is 0 Å². The normalized spacial score (nSPS) is 10.0. The second kappa shape index (κ2) is 1.98. The summed E-state index contributed by atoms with van der Waals surface area (Å²) >= 11 is 0. The first-order valence-corrected chi connectivity index (χ1v) is 2.99. The van der Waals surface area contributed by atoms with Crippen molar-refractivity contribution in [3.63, 3.8) is 0 Å². The molecule has 2 rings (SSSR count). The van der Waals surface area contributed by atoms with Crippen molar-refractivity contribution in [2.45, 2.75) is 0 Å². The maximum absolute atomic E-state index is 3.01. The Morgan fingerprint density at radius 2 is 2.10 bits per heavy atom. The van der Waals surface area contributed by atoms with E-state index in [-0.39, 0.29) is 0 Å². The number of benzene rings is 1. The Balaban J connectivity index is 2.89. The molecule has 0 atom stereocenters. The van der Waals surface area contributed by atoms with Crippen molar-refractivity contribution in [1.29, 1.82) is 0 Å². The van der Waals surface area contributed by atoms with Gasteiger partial charge in [-0.1, -0.05) is 12.1 Å². The van der Waals surface area contributed by atoms with Crippen LogP contribution in [0.15, 0.2) is 18.2 Å². The minimum absolute atomic E-state index is 0.918. The third kappa shape index (κ3) is 0.699.